The van der Waals surface area contributed by atoms with Crippen molar-refractivity contribution in [2.45, 2.75) is 65.8 Å². The van der Waals surface area contributed by atoms with Crippen molar-refractivity contribution in [3.05, 3.63) is 75.0 Å². The number of piperazine rings is 1. The standard InChI is InChI=1S/C34H48N2O3S/c1-26-9-11-27(12-10-26)7-6-8-29-14-15-30(40-29)17-18-34(2,3)19-20-35-21-23-36(24-22-35)25-28-13-16-31(38-4)33(39-5)32(28)37/h9-16,37H,6-8,17-25H2,1-5H3. The van der Waals surface area contributed by atoms with Crippen LogP contribution in [0.2, 0.25) is 0 Å². The summed E-state index contributed by atoms with van der Waals surface area (Å²) in [6, 6.07) is 17.5. The van der Waals surface area contributed by atoms with Crippen molar-refractivity contribution < 1.29 is 14.6 Å². The second-order valence-corrected chi connectivity index (χ2v) is 13.3. The predicted molar refractivity (Wildman–Crippen MR) is 167 cm³/mol. The zero-order chi connectivity index (χ0) is 28.5. The predicted octanol–water partition coefficient (Wildman–Crippen LogP) is 7.12. The van der Waals surface area contributed by atoms with Gasteiger partial charge in [-0.1, -0.05) is 49.7 Å². The molecular weight excluding hydrogens is 516 g/mol. The Morgan fingerprint density at radius 3 is 2.15 bits per heavy atom. The van der Waals surface area contributed by atoms with Crippen LogP contribution in [0.5, 0.6) is 17.2 Å². The summed E-state index contributed by atoms with van der Waals surface area (Å²) < 4.78 is 10.7. The third-order valence-corrected chi connectivity index (χ3v) is 9.55. The lowest BCUT2D eigenvalue weighted by Gasteiger charge is -2.36. The highest BCUT2D eigenvalue weighted by Gasteiger charge is 2.23. The Bertz CT molecular complexity index is 1200. The summed E-state index contributed by atoms with van der Waals surface area (Å²) in [4.78, 5) is 8.08. The van der Waals surface area contributed by atoms with Gasteiger partial charge in [0.2, 0.25) is 5.75 Å². The molecule has 1 aliphatic rings. The first-order valence-electron chi connectivity index (χ1n) is 14.8. The van der Waals surface area contributed by atoms with E-state index in [1.165, 1.54) is 53.0 Å². The molecule has 0 amide bonds. The third kappa shape index (κ3) is 8.73. The van der Waals surface area contributed by atoms with Gasteiger partial charge in [-0.15, -0.1) is 11.3 Å². The maximum Gasteiger partial charge on any atom is 0.203 e. The van der Waals surface area contributed by atoms with E-state index in [9.17, 15) is 5.11 Å². The van der Waals surface area contributed by atoms with E-state index in [4.69, 9.17) is 9.47 Å². The van der Waals surface area contributed by atoms with Gasteiger partial charge in [-0.05, 0) is 81.2 Å². The lowest BCUT2D eigenvalue weighted by atomic mass is 9.84. The Balaban J connectivity index is 1.15. The molecule has 6 heteroatoms. The van der Waals surface area contributed by atoms with E-state index < -0.39 is 0 Å². The average molecular weight is 565 g/mol. The Morgan fingerprint density at radius 2 is 1.48 bits per heavy atom. The molecule has 1 fully saturated rings. The van der Waals surface area contributed by atoms with Crippen LogP contribution < -0.4 is 9.47 Å². The summed E-state index contributed by atoms with van der Waals surface area (Å²) >= 11 is 2.01. The summed E-state index contributed by atoms with van der Waals surface area (Å²) in [5, 5.41) is 10.6. The zero-order valence-corrected chi connectivity index (χ0v) is 26.0. The van der Waals surface area contributed by atoms with Crippen LogP contribution in [-0.4, -0.2) is 61.8 Å². The van der Waals surface area contributed by atoms with E-state index in [0.717, 1.165) is 51.3 Å². The maximum atomic E-state index is 10.6. The number of aryl methyl sites for hydroxylation is 4. The van der Waals surface area contributed by atoms with Crippen molar-refractivity contribution in [1.82, 2.24) is 9.80 Å². The third-order valence-electron chi connectivity index (χ3n) is 8.34. The van der Waals surface area contributed by atoms with Crippen molar-refractivity contribution in [3.8, 4) is 17.2 Å². The molecule has 1 aliphatic heterocycles. The van der Waals surface area contributed by atoms with Gasteiger partial charge in [-0.2, -0.15) is 0 Å². The zero-order valence-electron chi connectivity index (χ0n) is 25.2. The molecule has 2 heterocycles. The SMILES string of the molecule is COc1ccc(CN2CCN(CCC(C)(C)CCc3ccc(CCCc4ccc(C)cc4)s3)CC2)c(O)c1OC. The summed E-state index contributed by atoms with van der Waals surface area (Å²) in [5.74, 6) is 1.16. The van der Waals surface area contributed by atoms with E-state index in [2.05, 4.69) is 67.0 Å². The van der Waals surface area contributed by atoms with E-state index in [-0.39, 0.29) is 5.75 Å². The summed E-state index contributed by atoms with van der Waals surface area (Å²) in [7, 11) is 3.15. The van der Waals surface area contributed by atoms with Crippen molar-refractivity contribution in [2.75, 3.05) is 46.9 Å². The highest BCUT2D eigenvalue weighted by molar-refractivity contribution is 7.11. The van der Waals surface area contributed by atoms with Gasteiger partial charge in [0, 0.05) is 48.0 Å². The summed E-state index contributed by atoms with van der Waals surface area (Å²) in [5.41, 5.74) is 4.00. The molecule has 40 heavy (non-hydrogen) atoms. The number of ether oxygens (including phenoxy) is 2. The van der Waals surface area contributed by atoms with Gasteiger partial charge in [0.25, 0.3) is 0 Å². The number of aromatic hydroxyl groups is 1. The maximum absolute atomic E-state index is 10.6. The first kappa shape index (κ1) is 30.4. The van der Waals surface area contributed by atoms with Gasteiger partial charge < -0.3 is 19.5 Å². The van der Waals surface area contributed by atoms with Crippen molar-refractivity contribution in [2.24, 2.45) is 5.41 Å². The molecule has 0 saturated carbocycles. The molecule has 4 rings (SSSR count). The van der Waals surface area contributed by atoms with E-state index in [1.807, 2.05) is 23.5 Å². The van der Waals surface area contributed by atoms with Crippen LogP contribution in [0.25, 0.3) is 0 Å². The van der Waals surface area contributed by atoms with Crippen LogP contribution in [-0.2, 0) is 25.8 Å². The molecule has 0 bridgehead atoms. The van der Waals surface area contributed by atoms with Crippen LogP contribution in [0.4, 0.5) is 0 Å². The van der Waals surface area contributed by atoms with Crippen LogP contribution >= 0.6 is 11.3 Å². The van der Waals surface area contributed by atoms with E-state index in [0.29, 0.717) is 16.9 Å². The molecule has 2 aromatic carbocycles. The number of nitrogens with zero attached hydrogens (tertiary/aromatic N) is 2. The number of methoxy groups -OCH3 is 2. The molecule has 0 atom stereocenters. The number of benzene rings is 2. The van der Waals surface area contributed by atoms with Crippen molar-refractivity contribution in [3.63, 3.8) is 0 Å². The van der Waals surface area contributed by atoms with Gasteiger partial charge in [-0.3, -0.25) is 4.90 Å². The molecule has 1 aromatic heterocycles. The number of phenolic OH excluding ortho intramolecular Hbond substituents is 1. The molecule has 3 aromatic rings. The molecule has 0 unspecified atom stereocenters. The van der Waals surface area contributed by atoms with Crippen LogP contribution in [0.3, 0.4) is 0 Å². The lowest BCUT2D eigenvalue weighted by Crippen LogP contribution is -2.46. The van der Waals surface area contributed by atoms with Gasteiger partial charge in [-0.25, -0.2) is 0 Å². The smallest absolute Gasteiger partial charge is 0.203 e. The molecule has 1 N–H and O–H groups in total. The second-order valence-electron chi connectivity index (χ2n) is 12.0. The fourth-order valence-corrected chi connectivity index (χ4v) is 6.51. The largest absolute Gasteiger partial charge is 0.504 e. The van der Waals surface area contributed by atoms with Gasteiger partial charge >= 0.3 is 0 Å². The minimum atomic E-state index is 0.186. The van der Waals surface area contributed by atoms with Crippen LogP contribution in [0.15, 0.2) is 48.5 Å². The summed E-state index contributed by atoms with van der Waals surface area (Å²) in [6.07, 6.45) is 7.19. The Kier molecular flexibility index (Phi) is 10.9. The van der Waals surface area contributed by atoms with Gasteiger partial charge in [0.1, 0.15) is 0 Å². The first-order chi connectivity index (χ1) is 19.3. The van der Waals surface area contributed by atoms with Crippen molar-refractivity contribution in [1.29, 1.82) is 0 Å². The number of phenols is 1. The topological polar surface area (TPSA) is 45.2 Å². The minimum absolute atomic E-state index is 0.186. The molecular formula is C34H48N2O3S. The lowest BCUT2D eigenvalue weighted by molar-refractivity contribution is 0.112. The van der Waals surface area contributed by atoms with Crippen molar-refractivity contribution >= 4 is 11.3 Å². The molecule has 0 radical (unpaired) electrons. The monoisotopic (exact) mass is 564 g/mol. The number of hydrogen-bond acceptors (Lipinski definition) is 6. The van der Waals surface area contributed by atoms with E-state index in [1.54, 1.807) is 14.2 Å². The molecule has 0 aliphatic carbocycles. The number of hydrogen-bond donors (Lipinski definition) is 1. The normalized spacial score (nSPS) is 14.9. The highest BCUT2D eigenvalue weighted by atomic mass is 32.1. The molecule has 5 nitrogen and oxygen atoms in total. The average Bonchev–Trinajstić information content (AvgIpc) is 3.41. The molecule has 0 spiro atoms. The van der Waals surface area contributed by atoms with Gasteiger partial charge in [0.15, 0.2) is 11.5 Å². The molecule has 218 valence electrons. The number of rotatable bonds is 14. The second kappa shape index (κ2) is 14.4. The Morgan fingerprint density at radius 1 is 0.800 bits per heavy atom. The summed E-state index contributed by atoms with van der Waals surface area (Å²) in [6.45, 7) is 13.0. The van der Waals surface area contributed by atoms with E-state index >= 15 is 0 Å². The first-order valence-corrected chi connectivity index (χ1v) is 15.6. The van der Waals surface area contributed by atoms with Gasteiger partial charge in [0.05, 0.1) is 14.2 Å². The number of thiophene rings is 1. The van der Waals surface area contributed by atoms with Crippen LogP contribution in [0.1, 0.15) is 59.6 Å². The fourth-order valence-electron chi connectivity index (χ4n) is 5.45. The minimum Gasteiger partial charge on any atom is -0.504 e. The fraction of sp³-hybridized carbons (Fsp3) is 0.529. The van der Waals surface area contributed by atoms with Crippen LogP contribution in [0, 0.1) is 12.3 Å². The molecule has 1 saturated heterocycles. The highest BCUT2D eigenvalue weighted by Crippen LogP contribution is 2.39. The Labute approximate surface area is 245 Å². The quantitative estimate of drug-likeness (QED) is 0.226. The Hall–Kier alpha value is -2.54.